The first-order valence-electron chi connectivity index (χ1n) is 10.9. The lowest BCUT2D eigenvalue weighted by Crippen LogP contribution is -2.01. The van der Waals surface area contributed by atoms with Crippen LogP contribution in [0.2, 0.25) is 0 Å². The standard InChI is InChI=1S/C30H27NS/c1-22-18-23(2)20-25(19-22)30-29-15-14-28(21-24(29)16-17-31-30)32(3,26-10-6-4-7-11-26)27-12-8-5-9-13-27/h4-21H,1-3H3. The zero-order valence-electron chi connectivity index (χ0n) is 18.7. The lowest BCUT2D eigenvalue weighted by Gasteiger charge is -2.37. The lowest BCUT2D eigenvalue weighted by atomic mass is 10.0. The second kappa shape index (κ2) is 8.29. The SMILES string of the molecule is Cc1cc(C)cc(-c2nccc3cc(S(C)(c4ccccc4)c4ccccc4)ccc23)c1. The van der Waals surface area contributed by atoms with E-state index in [4.69, 9.17) is 4.98 Å². The molecule has 0 spiro atoms. The number of hydrogen-bond acceptors (Lipinski definition) is 1. The minimum atomic E-state index is -1.38. The molecule has 0 aliphatic carbocycles. The van der Waals surface area contributed by atoms with Crippen LogP contribution >= 0.6 is 10.0 Å². The van der Waals surface area contributed by atoms with Gasteiger partial charge in [0, 0.05) is 17.1 Å². The Morgan fingerprint density at radius 1 is 0.594 bits per heavy atom. The molecule has 1 heterocycles. The van der Waals surface area contributed by atoms with Crippen LogP contribution in [0.5, 0.6) is 0 Å². The third kappa shape index (κ3) is 3.61. The maximum absolute atomic E-state index is 4.77. The van der Waals surface area contributed by atoms with Gasteiger partial charge in [-0.3, -0.25) is 4.98 Å². The van der Waals surface area contributed by atoms with Gasteiger partial charge in [-0.05, 0) is 94.8 Å². The normalized spacial score (nSPS) is 12.1. The molecule has 2 heteroatoms. The zero-order chi connectivity index (χ0) is 22.1. The molecular weight excluding hydrogens is 406 g/mol. The third-order valence-corrected chi connectivity index (χ3v) is 9.76. The maximum atomic E-state index is 4.77. The molecule has 5 aromatic rings. The summed E-state index contributed by atoms with van der Waals surface area (Å²) in [6, 6.07) is 37.6. The summed E-state index contributed by atoms with van der Waals surface area (Å²) in [5.41, 5.74) is 4.76. The van der Waals surface area contributed by atoms with Gasteiger partial charge in [0.15, 0.2) is 0 Å². The lowest BCUT2D eigenvalue weighted by molar-refractivity contribution is 1.29. The largest absolute Gasteiger partial charge is 0.256 e. The first-order valence-corrected chi connectivity index (χ1v) is 13.0. The Morgan fingerprint density at radius 3 is 1.78 bits per heavy atom. The molecule has 0 amide bonds. The third-order valence-electron chi connectivity index (χ3n) is 6.13. The summed E-state index contributed by atoms with van der Waals surface area (Å²) >= 11 is 0. The molecule has 1 aromatic heterocycles. The average molecular weight is 434 g/mol. The Bertz CT molecular complexity index is 1330. The van der Waals surface area contributed by atoms with Gasteiger partial charge in [0.1, 0.15) is 0 Å². The Kier molecular flexibility index (Phi) is 5.32. The van der Waals surface area contributed by atoms with Crippen LogP contribution in [0.25, 0.3) is 22.0 Å². The van der Waals surface area contributed by atoms with E-state index in [1.54, 1.807) is 0 Å². The number of aryl methyl sites for hydroxylation is 2. The van der Waals surface area contributed by atoms with Gasteiger partial charge in [0.05, 0.1) is 5.69 Å². The van der Waals surface area contributed by atoms with Crippen molar-refractivity contribution in [1.29, 1.82) is 0 Å². The van der Waals surface area contributed by atoms with Crippen molar-refractivity contribution in [2.75, 3.05) is 6.26 Å². The summed E-state index contributed by atoms with van der Waals surface area (Å²) < 4.78 is 0. The van der Waals surface area contributed by atoms with Crippen molar-refractivity contribution in [1.82, 2.24) is 4.98 Å². The van der Waals surface area contributed by atoms with Gasteiger partial charge in [-0.25, -0.2) is 0 Å². The minimum absolute atomic E-state index is 1.05. The highest BCUT2D eigenvalue weighted by molar-refractivity contribution is 8.33. The molecule has 0 radical (unpaired) electrons. The first-order chi connectivity index (χ1) is 15.6. The van der Waals surface area contributed by atoms with Gasteiger partial charge in [0.2, 0.25) is 0 Å². The van der Waals surface area contributed by atoms with E-state index in [0.29, 0.717) is 0 Å². The quantitative estimate of drug-likeness (QED) is 0.277. The van der Waals surface area contributed by atoms with Crippen molar-refractivity contribution in [2.24, 2.45) is 0 Å². The highest BCUT2D eigenvalue weighted by Gasteiger charge is 2.26. The van der Waals surface area contributed by atoms with Crippen molar-refractivity contribution in [3.05, 3.63) is 120 Å². The smallest absolute Gasteiger partial charge is 0.0780 e. The molecule has 0 atom stereocenters. The first kappa shape index (κ1) is 20.5. The molecule has 32 heavy (non-hydrogen) atoms. The number of hydrogen-bond donors (Lipinski definition) is 0. The Balaban J connectivity index is 1.72. The zero-order valence-corrected chi connectivity index (χ0v) is 19.6. The van der Waals surface area contributed by atoms with Gasteiger partial charge in [-0.15, -0.1) is 0 Å². The predicted molar refractivity (Wildman–Crippen MR) is 138 cm³/mol. The second-order valence-corrected chi connectivity index (χ2v) is 11.7. The summed E-state index contributed by atoms with van der Waals surface area (Å²) in [7, 11) is -1.38. The van der Waals surface area contributed by atoms with E-state index in [-0.39, 0.29) is 0 Å². The van der Waals surface area contributed by atoms with Crippen LogP contribution in [0.4, 0.5) is 0 Å². The van der Waals surface area contributed by atoms with E-state index in [0.717, 1.165) is 5.69 Å². The van der Waals surface area contributed by atoms with Crippen LogP contribution < -0.4 is 0 Å². The fourth-order valence-electron chi connectivity index (χ4n) is 4.54. The fraction of sp³-hybridized carbons (Fsp3) is 0.100. The van der Waals surface area contributed by atoms with E-state index >= 15 is 0 Å². The van der Waals surface area contributed by atoms with E-state index in [1.807, 2.05) is 6.20 Å². The number of fused-ring (bicyclic) bond motifs is 1. The van der Waals surface area contributed by atoms with Crippen LogP contribution in [-0.2, 0) is 0 Å². The van der Waals surface area contributed by atoms with E-state index in [9.17, 15) is 0 Å². The van der Waals surface area contributed by atoms with Crippen LogP contribution in [0.1, 0.15) is 11.1 Å². The second-order valence-electron chi connectivity index (χ2n) is 8.46. The van der Waals surface area contributed by atoms with Gasteiger partial charge in [0.25, 0.3) is 0 Å². The molecule has 1 nitrogen and oxygen atoms in total. The molecule has 0 unspecified atom stereocenters. The van der Waals surface area contributed by atoms with Crippen LogP contribution in [-0.4, -0.2) is 11.2 Å². The number of pyridine rings is 1. The predicted octanol–water partition coefficient (Wildman–Crippen LogP) is 8.43. The molecule has 158 valence electrons. The van der Waals surface area contributed by atoms with Crippen molar-refractivity contribution >= 4 is 20.8 Å². The summed E-state index contributed by atoms with van der Waals surface area (Å²) in [5, 5.41) is 2.43. The Morgan fingerprint density at radius 2 is 1.19 bits per heavy atom. The molecule has 0 aliphatic rings. The van der Waals surface area contributed by atoms with Crippen molar-refractivity contribution in [2.45, 2.75) is 28.5 Å². The molecule has 4 aromatic carbocycles. The number of aromatic nitrogens is 1. The summed E-state index contributed by atoms with van der Waals surface area (Å²) in [6.45, 7) is 4.29. The van der Waals surface area contributed by atoms with E-state index < -0.39 is 10.0 Å². The average Bonchev–Trinajstić information content (AvgIpc) is 2.83. The summed E-state index contributed by atoms with van der Waals surface area (Å²) in [4.78, 5) is 8.87. The molecule has 0 saturated carbocycles. The molecule has 5 rings (SSSR count). The maximum Gasteiger partial charge on any atom is 0.0780 e. The van der Waals surface area contributed by atoms with Crippen LogP contribution in [0.15, 0.2) is 124 Å². The number of nitrogens with zero attached hydrogens (tertiary/aromatic N) is 1. The van der Waals surface area contributed by atoms with Crippen LogP contribution in [0, 0.1) is 13.8 Å². The summed E-state index contributed by atoms with van der Waals surface area (Å²) in [5.74, 6) is 0. The Hall–Kier alpha value is -3.36. The molecule has 0 bridgehead atoms. The highest BCUT2D eigenvalue weighted by atomic mass is 32.3. The van der Waals surface area contributed by atoms with Gasteiger partial charge >= 0.3 is 0 Å². The fourth-order valence-corrected chi connectivity index (χ4v) is 7.47. The van der Waals surface area contributed by atoms with Gasteiger partial charge in [-0.2, -0.15) is 10.0 Å². The van der Waals surface area contributed by atoms with E-state index in [1.165, 1.54) is 42.1 Å². The number of benzene rings is 4. The van der Waals surface area contributed by atoms with Gasteiger partial charge < -0.3 is 0 Å². The number of rotatable bonds is 4. The topological polar surface area (TPSA) is 12.9 Å². The van der Waals surface area contributed by atoms with Gasteiger partial charge in [-0.1, -0.05) is 59.7 Å². The van der Waals surface area contributed by atoms with Crippen LogP contribution in [0.3, 0.4) is 0 Å². The molecular formula is C30H27NS. The molecule has 0 fully saturated rings. The summed E-state index contributed by atoms with van der Waals surface area (Å²) in [6.07, 6.45) is 4.35. The van der Waals surface area contributed by atoms with Crippen molar-refractivity contribution < 1.29 is 0 Å². The minimum Gasteiger partial charge on any atom is -0.256 e. The highest BCUT2D eigenvalue weighted by Crippen LogP contribution is 2.65. The van der Waals surface area contributed by atoms with Crippen molar-refractivity contribution in [3.63, 3.8) is 0 Å². The molecule has 0 N–H and O–H groups in total. The molecule has 0 saturated heterocycles. The Labute approximate surface area is 192 Å². The molecule has 0 aliphatic heterocycles. The monoisotopic (exact) mass is 433 g/mol. The van der Waals surface area contributed by atoms with E-state index in [2.05, 4.69) is 123 Å². The van der Waals surface area contributed by atoms with Crippen molar-refractivity contribution in [3.8, 4) is 11.3 Å².